The molecule has 1 fully saturated rings. The zero-order valence-corrected chi connectivity index (χ0v) is 17.8. The molecule has 3 aliphatic rings. The summed E-state index contributed by atoms with van der Waals surface area (Å²) >= 11 is 0. The summed E-state index contributed by atoms with van der Waals surface area (Å²) in [4.78, 5) is 52.1. The number of phenolic OH excluding ortho intramolecular Hbond substituents is 1. The van der Waals surface area contributed by atoms with E-state index >= 15 is 0 Å². The first-order valence-electron chi connectivity index (χ1n) is 10.4. The minimum Gasteiger partial charge on any atom is -0.505 e. The summed E-state index contributed by atoms with van der Waals surface area (Å²) in [6.07, 6.45) is 3.22. The third-order valence-electron chi connectivity index (χ3n) is 7.46. The van der Waals surface area contributed by atoms with E-state index in [1.807, 2.05) is 0 Å². The van der Waals surface area contributed by atoms with Crippen molar-refractivity contribution in [3.63, 3.8) is 0 Å². The lowest BCUT2D eigenvalue weighted by atomic mass is 9.51. The molecule has 0 spiro atoms. The quantitative estimate of drug-likeness (QED) is 0.680. The first kappa shape index (κ1) is 20.4. The molecule has 2 heterocycles. The maximum absolute atomic E-state index is 14.4. The number of fused-ring (bicyclic) bond motifs is 4. The van der Waals surface area contributed by atoms with Gasteiger partial charge in [0.05, 0.1) is 18.0 Å². The lowest BCUT2D eigenvalue weighted by molar-refractivity contribution is -0.139. The number of carbonyl (C=O) groups excluding carboxylic acids is 2. The Morgan fingerprint density at radius 1 is 1.16 bits per heavy atom. The largest absolute Gasteiger partial charge is 0.505 e. The Kier molecular flexibility index (Phi) is 4.15. The first-order chi connectivity index (χ1) is 15.1. The Bertz CT molecular complexity index is 1390. The fraction of sp³-hybridized carbons (Fsp3) is 0.391. The van der Waals surface area contributed by atoms with Gasteiger partial charge >= 0.3 is 11.4 Å². The number of allylic oxidation sites excluding steroid dienone is 4. The molecule has 1 N–H and O–H groups in total. The van der Waals surface area contributed by atoms with Crippen molar-refractivity contribution >= 4 is 11.6 Å². The topological polar surface area (TPSA) is 103 Å². The second kappa shape index (κ2) is 6.51. The molecule has 9 heteroatoms. The minimum atomic E-state index is -1.27. The molecule has 1 aromatic heterocycles. The standard InChI is InChI=1S/C23H22FN3O5/c1-11-9-17(28)23(2)14(19(11)29)10-16-12(18(23)13-5-4-6-15(24)20(13)30)7-8-26-21(31)25(3)22(32)27(16)26/h4-7,9,14,16,18,30H,8,10H2,1-3H3/t14-,16+,18+,23-/m0/s1. The molecule has 2 aliphatic carbocycles. The van der Waals surface area contributed by atoms with Crippen LogP contribution in [0.1, 0.15) is 37.8 Å². The van der Waals surface area contributed by atoms with E-state index < -0.39 is 46.2 Å². The van der Waals surface area contributed by atoms with Crippen molar-refractivity contribution in [3.8, 4) is 5.75 Å². The molecule has 0 unspecified atom stereocenters. The molecule has 1 aromatic carbocycles. The molecule has 0 amide bonds. The van der Waals surface area contributed by atoms with Gasteiger partial charge in [0.2, 0.25) is 0 Å². The lowest BCUT2D eigenvalue weighted by Gasteiger charge is -2.52. The number of phenols is 1. The van der Waals surface area contributed by atoms with Crippen LogP contribution in [0.4, 0.5) is 4.39 Å². The molecule has 32 heavy (non-hydrogen) atoms. The molecule has 2 aromatic rings. The number of Topliss-reactive ketones (excluding diaryl/α,β-unsaturated/α-hetero) is 1. The van der Waals surface area contributed by atoms with E-state index in [0.717, 1.165) is 10.6 Å². The highest BCUT2D eigenvalue weighted by atomic mass is 19.1. The van der Waals surface area contributed by atoms with E-state index in [2.05, 4.69) is 0 Å². The Balaban J connectivity index is 1.83. The van der Waals surface area contributed by atoms with Crippen LogP contribution >= 0.6 is 0 Å². The summed E-state index contributed by atoms with van der Waals surface area (Å²) in [5, 5.41) is 10.6. The SMILES string of the molecule is CC1=CC(=O)[C@@]2(C)[C@@H](c3cccc(F)c3O)C3=CCn4c(=O)n(C)c(=O)n4[C@@H]3C[C@H]2C1=O. The molecule has 5 rings (SSSR count). The number of para-hydroxylation sites is 1. The van der Waals surface area contributed by atoms with Gasteiger partial charge in [0.1, 0.15) is 0 Å². The molecule has 0 saturated heterocycles. The van der Waals surface area contributed by atoms with Crippen LogP contribution in [0.3, 0.4) is 0 Å². The maximum Gasteiger partial charge on any atom is 0.347 e. The molecule has 166 valence electrons. The predicted molar refractivity (Wildman–Crippen MR) is 112 cm³/mol. The maximum atomic E-state index is 14.4. The minimum absolute atomic E-state index is 0.0884. The van der Waals surface area contributed by atoms with Crippen molar-refractivity contribution in [3.05, 3.63) is 73.8 Å². The Labute approximate surface area is 181 Å². The van der Waals surface area contributed by atoms with E-state index in [9.17, 15) is 28.7 Å². The van der Waals surface area contributed by atoms with Crippen LogP contribution in [0.15, 0.2) is 51.1 Å². The monoisotopic (exact) mass is 439 g/mol. The van der Waals surface area contributed by atoms with Crippen molar-refractivity contribution in [2.45, 2.75) is 38.8 Å². The second-order valence-electron chi connectivity index (χ2n) is 9.01. The van der Waals surface area contributed by atoms with Crippen molar-refractivity contribution in [2.24, 2.45) is 18.4 Å². The first-order valence-corrected chi connectivity index (χ1v) is 10.4. The predicted octanol–water partition coefficient (Wildman–Crippen LogP) is 1.58. The van der Waals surface area contributed by atoms with E-state index in [1.165, 1.54) is 34.6 Å². The van der Waals surface area contributed by atoms with E-state index in [1.54, 1.807) is 19.9 Å². The third kappa shape index (κ3) is 2.36. The van der Waals surface area contributed by atoms with Gasteiger partial charge in [-0.05, 0) is 36.6 Å². The molecule has 1 aliphatic heterocycles. The average molecular weight is 439 g/mol. The van der Waals surface area contributed by atoms with Gasteiger partial charge in [0.25, 0.3) is 0 Å². The molecular weight excluding hydrogens is 417 g/mol. The number of hydrogen-bond acceptors (Lipinski definition) is 5. The van der Waals surface area contributed by atoms with Crippen molar-refractivity contribution < 1.29 is 19.1 Å². The van der Waals surface area contributed by atoms with Crippen molar-refractivity contribution in [1.29, 1.82) is 0 Å². The fourth-order valence-electron chi connectivity index (χ4n) is 5.76. The number of aromatic hydroxyl groups is 1. The summed E-state index contributed by atoms with van der Waals surface area (Å²) in [6.45, 7) is 3.33. The number of ketones is 2. The summed E-state index contributed by atoms with van der Waals surface area (Å²) in [7, 11) is 1.38. The molecular formula is C23H22FN3O5. The number of halogens is 1. The van der Waals surface area contributed by atoms with E-state index in [-0.39, 0.29) is 30.1 Å². The highest BCUT2D eigenvalue weighted by Gasteiger charge is 2.59. The van der Waals surface area contributed by atoms with Gasteiger partial charge in [0.15, 0.2) is 23.1 Å². The van der Waals surface area contributed by atoms with Gasteiger partial charge in [-0.1, -0.05) is 25.1 Å². The zero-order valence-electron chi connectivity index (χ0n) is 17.8. The summed E-state index contributed by atoms with van der Waals surface area (Å²) < 4.78 is 18.0. The van der Waals surface area contributed by atoms with Crippen LogP contribution in [0, 0.1) is 17.2 Å². The Morgan fingerprint density at radius 3 is 2.59 bits per heavy atom. The molecule has 0 radical (unpaired) electrons. The number of nitrogens with zero attached hydrogens (tertiary/aromatic N) is 3. The average Bonchev–Trinajstić information content (AvgIpc) is 2.98. The molecule has 8 nitrogen and oxygen atoms in total. The highest BCUT2D eigenvalue weighted by Crippen LogP contribution is 2.60. The van der Waals surface area contributed by atoms with Gasteiger partial charge in [-0.25, -0.2) is 27.9 Å². The number of aromatic nitrogens is 3. The molecule has 1 saturated carbocycles. The summed E-state index contributed by atoms with van der Waals surface area (Å²) in [5.74, 6) is -3.58. The smallest absolute Gasteiger partial charge is 0.347 e. The number of benzene rings is 1. The van der Waals surface area contributed by atoms with E-state index in [0.29, 0.717) is 11.1 Å². The van der Waals surface area contributed by atoms with Gasteiger partial charge in [-0.2, -0.15) is 0 Å². The van der Waals surface area contributed by atoms with Crippen LogP contribution in [0.5, 0.6) is 5.75 Å². The lowest BCUT2D eigenvalue weighted by Crippen LogP contribution is -2.54. The van der Waals surface area contributed by atoms with E-state index in [4.69, 9.17) is 0 Å². The van der Waals surface area contributed by atoms with Gasteiger partial charge in [-0.15, -0.1) is 0 Å². The summed E-state index contributed by atoms with van der Waals surface area (Å²) in [6, 6.07) is 3.41. The van der Waals surface area contributed by atoms with Crippen LogP contribution in [-0.2, 0) is 23.2 Å². The summed E-state index contributed by atoms with van der Waals surface area (Å²) in [5.41, 5.74) is -1.16. The highest BCUT2D eigenvalue weighted by molar-refractivity contribution is 6.13. The van der Waals surface area contributed by atoms with Gasteiger partial charge in [-0.3, -0.25) is 9.59 Å². The normalized spacial score (nSPS) is 29.1. The van der Waals surface area contributed by atoms with Crippen molar-refractivity contribution in [1.82, 2.24) is 13.9 Å². The van der Waals surface area contributed by atoms with Crippen LogP contribution in [-0.4, -0.2) is 30.6 Å². The van der Waals surface area contributed by atoms with Gasteiger partial charge < -0.3 is 5.11 Å². The second-order valence-corrected chi connectivity index (χ2v) is 9.01. The van der Waals surface area contributed by atoms with Gasteiger partial charge in [0, 0.05) is 24.4 Å². The van der Waals surface area contributed by atoms with Crippen LogP contribution < -0.4 is 11.4 Å². The Hall–Kier alpha value is -3.49. The number of carbonyl (C=O) groups is 2. The van der Waals surface area contributed by atoms with Crippen LogP contribution in [0.25, 0.3) is 0 Å². The third-order valence-corrected chi connectivity index (χ3v) is 7.46. The zero-order chi connectivity index (χ0) is 23.1. The number of hydrogen-bond donors (Lipinski definition) is 1. The van der Waals surface area contributed by atoms with Crippen molar-refractivity contribution in [2.75, 3.05) is 0 Å². The van der Waals surface area contributed by atoms with Crippen LogP contribution in [0.2, 0.25) is 0 Å². The fourth-order valence-corrected chi connectivity index (χ4v) is 5.76. The number of rotatable bonds is 1. The molecule has 0 bridgehead atoms. The Morgan fingerprint density at radius 2 is 1.88 bits per heavy atom. The molecule has 4 atom stereocenters.